The van der Waals surface area contributed by atoms with E-state index in [0.29, 0.717) is 17.9 Å². The average Bonchev–Trinajstić information content (AvgIpc) is 2.12. The fourth-order valence-electron chi connectivity index (χ4n) is 2.71. The van der Waals surface area contributed by atoms with Crippen LogP contribution in [-0.2, 0) is 4.74 Å². The van der Waals surface area contributed by atoms with Crippen LogP contribution >= 0.6 is 0 Å². The molecule has 3 nitrogen and oxygen atoms in total. The summed E-state index contributed by atoms with van der Waals surface area (Å²) in [5, 5.41) is 8.82. The molecule has 0 bridgehead atoms. The molecule has 16 heavy (non-hydrogen) atoms. The minimum Gasteiger partial charge on any atom is -0.375 e. The summed E-state index contributed by atoms with van der Waals surface area (Å²) in [6, 6.07) is 2.07. The lowest BCUT2D eigenvalue weighted by Crippen LogP contribution is -2.42. The van der Waals surface area contributed by atoms with Gasteiger partial charge < -0.3 is 10.5 Å². The standard InChI is InChI=1S/C13H24N2O/c1-10-5-11(7-12(2,3)6-10)16-9-13(4,15)8-14/h10-11H,5-7,9,15H2,1-4H3. The van der Waals surface area contributed by atoms with Crippen LogP contribution in [0, 0.1) is 22.7 Å². The highest BCUT2D eigenvalue weighted by Gasteiger charge is 2.33. The molecular weight excluding hydrogens is 200 g/mol. The van der Waals surface area contributed by atoms with Gasteiger partial charge >= 0.3 is 0 Å². The monoisotopic (exact) mass is 224 g/mol. The second kappa shape index (κ2) is 4.73. The van der Waals surface area contributed by atoms with Crippen molar-refractivity contribution < 1.29 is 4.74 Å². The van der Waals surface area contributed by atoms with Crippen LogP contribution in [0.25, 0.3) is 0 Å². The summed E-state index contributed by atoms with van der Waals surface area (Å²) in [6.45, 7) is 8.88. The van der Waals surface area contributed by atoms with Crippen molar-refractivity contribution in [1.29, 1.82) is 5.26 Å². The number of nitriles is 1. The van der Waals surface area contributed by atoms with E-state index in [1.165, 1.54) is 6.42 Å². The molecule has 0 saturated heterocycles. The lowest BCUT2D eigenvalue weighted by atomic mass is 9.71. The van der Waals surface area contributed by atoms with E-state index in [1.54, 1.807) is 6.92 Å². The SMILES string of the molecule is CC1CC(OCC(C)(N)C#N)CC(C)(C)C1. The van der Waals surface area contributed by atoms with Gasteiger partial charge in [0.1, 0.15) is 5.54 Å². The second-order valence-corrected chi connectivity index (χ2v) is 6.38. The molecule has 1 rings (SSSR count). The third-order valence-electron chi connectivity index (χ3n) is 3.22. The molecule has 1 fully saturated rings. The maximum absolute atomic E-state index is 8.82. The predicted octanol–water partition coefficient (Wildman–Crippen LogP) is 2.46. The summed E-state index contributed by atoms with van der Waals surface area (Å²) in [6.07, 6.45) is 3.67. The molecule has 1 aliphatic rings. The van der Waals surface area contributed by atoms with Crippen molar-refractivity contribution in [2.75, 3.05) is 6.61 Å². The van der Waals surface area contributed by atoms with Gasteiger partial charge in [-0.15, -0.1) is 0 Å². The number of hydrogen-bond acceptors (Lipinski definition) is 3. The third-order valence-corrected chi connectivity index (χ3v) is 3.22. The number of ether oxygens (including phenoxy) is 1. The van der Waals surface area contributed by atoms with Gasteiger partial charge in [-0.25, -0.2) is 0 Å². The van der Waals surface area contributed by atoms with Gasteiger partial charge in [-0.2, -0.15) is 5.26 Å². The second-order valence-electron chi connectivity index (χ2n) is 6.38. The van der Waals surface area contributed by atoms with E-state index in [-0.39, 0.29) is 6.10 Å². The molecule has 2 N–H and O–H groups in total. The van der Waals surface area contributed by atoms with Crippen molar-refractivity contribution in [2.24, 2.45) is 17.1 Å². The highest BCUT2D eigenvalue weighted by molar-refractivity contribution is 5.01. The van der Waals surface area contributed by atoms with Crippen molar-refractivity contribution in [1.82, 2.24) is 0 Å². The van der Waals surface area contributed by atoms with Crippen LogP contribution in [0.2, 0.25) is 0 Å². The highest BCUT2D eigenvalue weighted by atomic mass is 16.5. The van der Waals surface area contributed by atoms with Gasteiger partial charge in [-0.3, -0.25) is 0 Å². The first-order valence-electron chi connectivity index (χ1n) is 6.06. The number of hydrogen-bond donors (Lipinski definition) is 1. The van der Waals surface area contributed by atoms with Gasteiger partial charge in [0.15, 0.2) is 0 Å². The first kappa shape index (κ1) is 13.5. The molecule has 1 aliphatic carbocycles. The Hall–Kier alpha value is -0.590. The molecular formula is C13H24N2O. The van der Waals surface area contributed by atoms with Gasteiger partial charge in [-0.1, -0.05) is 20.8 Å². The van der Waals surface area contributed by atoms with Crippen LogP contribution in [0.15, 0.2) is 0 Å². The van der Waals surface area contributed by atoms with Gasteiger partial charge in [0.05, 0.1) is 18.8 Å². The molecule has 3 heteroatoms. The summed E-state index contributed by atoms with van der Waals surface area (Å²) in [5.41, 5.74) is 5.24. The maximum atomic E-state index is 8.82. The Balaban J connectivity index is 2.47. The Kier molecular flexibility index (Phi) is 3.98. The fraction of sp³-hybridized carbons (Fsp3) is 0.923. The number of nitrogens with zero attached hydrogens (tertiary/aromatic N) is 1. The Morgan fingerprint density at radius 1 is 1.50 bits per heavy atom. The average molecular weight is 224 g/mol. The van der Waals surface area contributed by atoms with Crippen LogP contribution in [0.3, 0.4) is 0 Å². The summed E-state index contributed by atoms with van der Waals surface area (Å²) in [7, 11) is 0. The summed E-state index contributed by atoms with van der Waals surface area (Å²) in [4.78, 5) is 0. The van der Waals surface area contributed by atoms with Gasteiger partial charge in [0, 0.05) is 0 Å². The zero-order valence-electron chi connectivity index (χ0n) is 10.9. The molecule has 0 amide bonds. The van der Waals surface area contributed by atoms with E-state index in [0.717, 1.165) is 12.8 Å². The smallest absolute Gasteiger partial charge is 0.125 e. The Morgan fingerprint density at radius 3 is 2.62 bits per heavy atom. The number of nitrogens with two attached hydrogens (primary N) is 1. The van der Waals surface area contributed by atoms with Crippen molar-refractivity contribution in [3.8, 4) is 6.07 Å². The zero-order valence-corrected chi connectivity index (χ0v) is 10.9. The van der Waals surface area contributed by atoms with Crippen LogP contribution in [0.5, 0.6) is 0 Å². The largest absolute Gasteiger partial charge is 0.375 e. The highest BCUT2D eigenvalue weighted by Crippen LogP contribution is 2.39. The van der Waals surface area contributed by atoms with Crippen LogP contribution in [0.4, 0.5) is 0 Å². The quantitative estimate of drug-likeness (QED) is 0.801. The van der Waals surface area contributed by atoms with Gasteiger partial charge in [-0.05, 0) is 37.5 Å². The molecule has 92 valence electrons. The predicted molar refractivity (Wildman–Crippen MR) is 64.7 cm³/mol. The minimum absolute atomic E-state index is 0.259. The molecule has 0 heterocycles. The van der Waals surface area contributed by atoms with E-state index in [1.807, 2.05) is 0 Å². The van der Waals surface area contributed by atoms with Crippen LogP contribution < -0.4 is 5.73 Å². The Labute approximate surface area is 99.0 Å². The minimum atomic E-state index is -0.856. The van der Waals surface area contributed by atoms with Crippen LogP contribution in [-0.4, -0.2) is 18.2 Å². The van der Waals surface area contributed by atoms with Crippen molar-refractivity contribution in [3.05, 3.63) is 0 Å². The fourth-order valence-corrected chi connectivity index (χ4v) is 2.71. The molecule has 3 atom stereocenters. The third kappa shape index (κ3) is 4.11. The van der Waals surface area contributed by atoms with Crippen molar-refractivity contribution >= 4 is 0 Å². The maximum Gasteiger partial charge on any atom is 0.125 e. The summed E-state index contributed by atoms with van der Waals surface area (Å²) >= 11 is 0. The van der Waals surface area contributed by atoms with E-state index in [9.17, 15) is 0 Å². The van der Waals surface area contributed by atoms with E-state index >= 15 is 0 Å². The molecule has 1 saturated carbocycles. The molecule has 0 aromatic heterocycles. The Morgan fingerprint density at radius 2 is 2.12 bits per heavy atom. The van der Waals surface area contributed by atoms with E-state index in [4.69, 9.17) is 15.7 Å². The number of rotatable bonds is 3. The normalized spacial score (nSPS) is 32.8. The molecule has 0 aromatic rings. The lowest BCUT2D eigenvalue weighted by Gasteiger charge is -2.39. The Bertz CT molecular complexity index is 278. The first-order chi connectivity index (χ1) is 7.24. The first-order valence-corrected chi connectivity index (χ1v) is 6.06. The van der Waals surface area contributed by atoms with Gasteiger partial charge in [0.25, 0.3) is 0 Å². The van der Waals surface area contributed by atoms with Gasteiger partial charge in [0.2, 0.25) is 0 Å². The topological polar surface area (TPSA) is 59.0 Å². The zero-order chi connectivity index (χ0) is 12.4. The van der Waals surface area contributed by atoms with E-state index in [2.05, 4.69) is 26.8 Å². The van der Waals surface area contributed by atoms with E-state index < -0.39 is 5.54 Å². The summed E-state index contributed by atoms with van der Waals surface area (Å²) in [5.74, 6) is 0.694. The lowest BCUT2D eigenvalue weighted by molar-refractivity contribution is -0.0328. The molecule has 0 spiro atoms. The van der Waals surface area contributed by atoms with Crippen LogP contribution in [0.1, 0.15) is 47.0 Å². The molecule has 3 unspecified atom stereocenters. The van der Waals surface area contributed by atoms with Crippen molar-refractivity contribution in [3.63, 3.8) is 0 Å². The summed E-state index contributed by atoms with van der Waals surface area (Å²) < 4.78 is 5.80. The molecule has 0 aromatic carbocycles. The van der Waals surface area contributed by atoms with Crippen molar-refractivity contribution in [2.45, 2.75) is 58.6 Å². The molecule has 0 aliphatic heterocycles. The molecule has 0 radical (unpaired) electrons.